The van der Waals surface area contributed by atoms with Gasteiger partial charge in [-0.15, -0.1) is 0 Å². The average molecular weight is 264 g/mol. The Bertz CT molecular complexity index is 391. The second-order valence-electron chi connectivity index (χ2n) is 4.88. The summed E-state index contributed by atoms with van der Waals surface area (Å²) in [5, 5.41) is 0. The van der Waals surface area contributed by atoms with Crippen molar-refractivity contribution in [1.29, 1.82) is 0 Å². The lowest BCUT2D eigenvalue weighted by molar-refractivity contribution is -0.146. The first-order valence-corrected chi connectivity index (χ1v) is 6.54. The molecule has 0 fully saturated rings. The van der Waals surface area contributed by atoms with Crippen LogP contribution < -0.4 is 0 Å². The van der Waals surface area contributed by atoms with Gasteiger partial charge in [0.25, 0.3) is 0 Å². The first kappa shape index (κ1) is 17.4. The van der Waals surface area contributed by atoms with Crippen LogP contribution in [-0.2, 0) is 14.3 Å². The van der Waals surface area contributed by atoms with Crippen LogP contribution in [-0.4, -0.2) is 17.9 Å². The Balaban J connectivity index is 4.69. The molecule has 0 spiro atoms. The van der Waals surface area contributed by atoms with E-state index in [9.17, 15) is 9.59 Å². The quantitative estimate of drug-likeness (QED) is 0.497. The first-order chi connectivity index (χ1) is 8.79. The summed E-state index contributed by atoms with van der Waals surface area (Å²) in [6.45, 7) is 14.4. The van der Waals surface area contributed by atoms with E-state index in [1.54, 1.807) is 19.9 Å². The first-order valence-electron chi connectivity index (χ1n) is 6.54. The van der Waals surface area contributed by atoms with Crippen LogP contribution in [0.15, 0.2) is 36.5 Å². The summed E-state index contributed by atoms with van der Waals surface area (Å²) < 4.78 is 5.38. The third-order valence-electron chi connectivity index (χ3n) is 2.74. The molecule has 0 rings (SSSR count). The highest BCUT2D eigenvalue weighted by atomic mass is 16.5. The van der Waals surface area contributed by atoms with E-state index in [4.69, 9.17) is 4.74 Å². The summed E-state index contributed by atoms with van der Waals surface area (Å²) in [7, 11) is 0. The third kappa shape index (κ3) is 6.75. The molecule has 0 saturated heterocycles. The lowest BCUT2D eigenvalue weighted by Crippen LogP contribution is -2.24. The molecule has 0 saturated carbocycles. The fraction of sp³-hybridized carbons (Fsp3) is 0.500. The summed E-state index contributed by atoms with van der Waals surface area (Å²) in [5.74, 6) is -0.509. The van der Waals surface area contributed by atoms with Gasteiger partial charge in [-0.2, -0.15) is 0 Å². The summed E-state index contributed by atoms with van der Waals surface area (Å²) in [6, 6.07) is 0. The van der Waals surface area contributed by atoms with Crippen molar-refractivity contribution < 1.29 is 14.3 Å². The van der Waals surface area contributed by atoms with Gasteiger partial charge in [-0.1, -0.05) is 39.5 Å². The van der Waals surface area contributed by atoms with Crippen LogP contribution in [0.5, 0.6) is 0 Å². The van der Waals surface area contributed by atoms with E-state index >= 15 is 0 Å². The third-order valence-corrected chi connectivity index (χ3v) is 2.74. The highest BCUT2D eigenvalue weighted by Crippen LogP contribution is 2.16. The van der Waals surface area contributed by atoms with Crippen LogP contribution in [0, 0.1) is 5.92 Å². The smallest absolute Gasteiger partial charge is 0.333 e. The molecule has 3 heteroatoms. The number of allylic oxidation sites excluding steroid dienone is 2. The molecule has 0 radical (unpaired) electrons. The van der Waals surface area contributed by atoms with E-state index in [1.165, 1.54) is 6.08 Å². The molecule has 0 aromatic carbocycles. The van der Waals surface area contributed by atoms with E-state index in [2.05, 4.69) is 13.2 Å². The van der Waals surface area contributed by atoms with Crippen LogP contribution in [0.2, 0.25) is 0 Å². The minimum atomic E-state index is -0.384. The van der Waals surface area contributed by atoms with Gasteiger partial charge in [-0.3, -0.25) is 4.79 Å². The molecule has 0 aromatic rings. The van der Waals surface area contributed by atoms with Crippen LogP contribution in [0.3, 0.4) is 0 Å². The number of esters is 1. The van der Waals surface area contributed by atoms with Gasteiger partial charge in [0.05, 0.1) is 0 Å². The fourth-order valence-corrected chi connectivity index (χ4v) is 1.46. The molecule has 2 unspecified atom stereocenters. The van der Waals surface area contributed by atoms with E-state index < -0.39 is 0 Å². The van der Waals surface area contributed by atoms with Gasteiger partial charge in [0.2, 0.25) is 0 Å². The molecule has 0 aliphatic rings. The van der Waals surface area contributed by atoms with E-state index in [0.717, 1.165) is 12.8 Å². The van der Waals surface area contributed by atoms with Gasteiger partial charge in [0, 0.05) is 11.5 Å². The van der Waals surface area contributed by atoms with Crippen molar-refractivity contribution in [3.8, 4) is 0 Å². The van der Waals surface area contributed by atoms with Gasteiger partial charge in [-0.25, -0.2) is 4.79 Å². The number of carbonyl (C=O) groups is 2. The standard InChI is InChI=1S/C16H24O3/c1-7-8-15(19-16(18)12(4)5)13(6)9-10-14(17)11(2)3/h9-10,13,15H,2,4,7-8H2,1,3,5-6H3. The number of hydrogen-bond acceptors (Lipinski definition) is 3. The Labute approximate surface area is 116 Å². The number of carbonyl (C=O) groups excluding carboxylic acids is 2. The molecular weight excluding hydrogens is 240 g/mol. The number of ether oxygens (including phenoxy) is 1. The molecule has 3 nitrogen and oxygen atoms in total. The van der Waals surface area contributed by atoms with E-state index in [-0.39, 0.29) is 23.8 Å². The lowest BCUT2D eigenvalue weighted by atomic mass is 9.99. The molecular formula is C16H24O3. The van der Waals surface area contributed by atoms with Crippen LogP contribution in [0.25, 0.3) is 0 Å². The normalized spacial score (nSPS) is 13.9. The van der Waals surface area contributed by atoms with Gasteiger partial charge in [-0.05, 0) is 31.9 Å². The van der Waals surface area contributed by atoms with Crippen molar-refractivity contribution in [3.63, 3.8) is 0 Å². The minimum Gasteiger partial charge on any atom is -0.458 e. The number of ketones is 1. The van der Waals surface area contributed by atoms with Crippen molar-refractivity contribution in [2.75, 3.05) is 0 Å². The van der Waals surface area contributed by atoms with Crippen LogP contribution >= 0.6 is 0 Å². The van der Waals surface area contributed by atoms with Gasteiger partial charge in [0.15, 0.2) is 5.78 Å². The predicted molar refractivity (Wildman–Crippen MR) is 77.7 cm³/mol. The Hall–Kier alpha value is -1.64. The van der Waals surface area contributed by atoms with Crippen molar-refractivity contribution >= 4 is 11.8 Å². The Morgan fingerprint density at radius 2 is 1.79 bits per heavy atom. The van der Waals surface area contributed by atoms with E-state index in [1.807, 2.05) is 13.8 Å². The van der Waals surface area contributed by atoms with E-state index in [0.29, 0.717) is 11.1 Å². The number of hydrogen-bond donors (Lipinski definition) is 0. The molecule has 0 bridgehead atoms. The zero-order valence-electron chi connectivity index (χ0n) is 12.4. The summed E-state index contributed by atoms with van der Waals surface area (Å²) in [5.41, 5.74) is 0.879. The summed E-state index contributed by atoms with van der Waals surface area (Å²) in [6.07, 6.45) is 4.68. The summed E-state index contributed by atoms with van der Waals surface area (Å²) in [4.78, 5) is 23.0. The van der Waals surface area contributed by atoms with Crippen molar-refractivity contribution in [1.82, 2.24) is 0 Å². The highest BCUT2D eigenvalue weighted by molar-refractivity contribution is 6.02. The average Bonchev–Trinajstić information content (AvgIpc) is 2.34. The van der Waals surface area contributed by atoms with Crippen molar-refractivity contribution in [3.05, 3.63) is 36.5 Å². The fourth-order valence-electron chi connectivity index (χ4n) is 1.46. The highest BCUT2D eigenvalue weighted by Gasteiger charge is 2.19. The van der Waals surface area contributed by atoms with Crippen LogP contribution in [0.4, 0.5) is 0 Å². The van der Waals surface area contributed by atoms with Crippen molar-refractivity contribution in [2.24, 2.45) is 5.92 Å². The second-order valence-corrected chi connectivity index (χ2v) is 4.88. The number of rotatable bonds is 8. The molecule has 19 heavy (non-hydrogen) atoms. The second kappa shape index (κ2) is 8.46. The molecule has 0 N–H and O–H groups in total. The predicted octanol–water partition coefficient (Wildman–Crippen LogP) is 3.61. The maximum atomic E-state index is 11.6. The molecule has 0 aromatic heterocycles. The van der Waals surface area contributed by atoms with Crippen LogP contribution in [0.1, 0.15) is 40.5 Å². The van der Waals surface area contributed by atoms with Gasteiger partial charge in [0.1, 0.15) is 6.10 Å². The topological polar surface area (TPSA) is 43.4 Å². The Morgan fingerprint density at radius 1 is 1.21 bits per heavy atom. The SMILES string of the molecule is C=C(C)C(=O)C=CC(C)C(CCC)OC(=O)C(=C)C. The Kier molecular flexibility index (Phi) is 7.73. The largest absolute Gasteiger partial charge is 0.458 e. The molecule has 2 atom stereocenters. The molecule has 106 valence electrons. The molecule has 0 amide bonds. The monoisotopic (exact) mass is 264 g/mol. The molecule has 0 aliphatic carbocycles. The maximum absolute atomic E-state index is 11.6. The molecule has 0 heterocycles. The van der Waals surface area contributed by atoms with Gasteiger partial charge < -0.3 is 4.74 Å². The lowest BCUT2D eigenvalue weighted by Gasteiger charge is -2.21. The zero-order chi connectivity index (χ0) is 15.0. The van der Waals surface area contributed by atoms with Crippen molar-refractivity contribution in [2.45, 2.75) is 46.6 Å². The minimum absolute atomic E-state index is 0.0217. The zero-order valence-corrected chi connectivity index (χ0v) is 12.4. The maximum Gasteiger partial charge on any atom is 0.333 e. The molecule has 0 aliphatic heterocycles. The summed E-state index contributed by atoms with van der Waals surface area (Å²) >= 11 is 0. The Morgan fingerprint density at radius 3 is 2.21 bits per heavy atom. The van der Waals surface area contributed by atoms with Gasteiger partial charge >= 0.3 is 5.97 Å².